The fourth-order valence-corrected chi connectivity index (χ4v) is 5.00. The van der Waals surface area contributed by atoms with Crippen LogP contribution in [0.15, 0.2) is 16.8 Å². The van der Waals surface area contributed by atoms with E-state index >= 15 is 0 Å². The van der Waals surface area contributed by atoms with Crippen LogP contribution in [0.25, 0.3) is 0 Å². The number of amides is 1. The van der Waals surface area contributed by atoms with Crippen LogP contribution >= 0.6 is 11.3 Å². The fraction of sp³-hybridized carbons (Fsp3) is 0.583. The van der Waals surface area contributed by atoms with Gasteiger partial charge in [0.1, 0.15) is 0 Å². The molecule has 2 heterocycles. The molecular formula is C12H17NO3S2. The molecule has 1 atom stereocenters. The monoisotopic (exact) mass is 287 g/mol. The minimum atomic E-state index is -2.97. The summed E-state index contributed by atoms with van der Waals surface area (Å²) in [5.74, 6) is 0.166. The molecule has 1 fully saturated rings. The van der Waals surface area contributed by atoms with Crippen LogP contribution < -0.4 is 5.32 Å². The molecule has 1 aliphatic heterocycles. The summed E-state index contributed by atoms with van der Waals surface area (Å²) in [5.41, 5.74) is 0.573. The van der Waals surface area contributed by atoms with E-state index in [-0.39, 0.29) is 17.4 Å². The lowest BCUT2D eigenvalue weighted by atomic mass is 10.0. The van der Waals surface area contributed by atoms with Gasteiger partial charge in [-0.05, 0) is 42.2 Å². The van der Waals surface area contributed by atoms with Gasteiger partial charge in [-0.2, -0.15) is 11.3 Å². The first-order valence-corrected chi connectivity index (χ1v) is 8.68. The number of aryl methyl sites for hydroxylation is 1. The normalized spacial score (nSPS) is 26.1. The largest absolute Gasteiger partial charge is 0.350 e. The van der Waals surface area contributed by atoms with E-state index in [2.05, 4.69) is 5.32 Å². The zero-order chi connectivity index (χ0) is 13.2. The van der Waals surface area contributed by atoms with Crippen LogP contribution in [0.2, 0.25) is 0 Å². The second-order valence-electron chi connectivity index (χ2n) is 5.08. The average Bonchev–Trinajstić information content (AvgIpc) is 2.84. The molecule has 1 saturated heterocycles. The molecule has 0 aliphatic carbocycles. The van der Waals surface area contributed by atoms with Crippen molar-refractivity contribution in [2.45, 2.75) is 31.7 Å². The van der Waals surface area contributed by atoms with E-state index in [1.54, 1.807) is 18.3 Å². The van der Waals surface area contributed by atoms with E-state index in [4.69, 9.17) is 0 Å². The summed E-state index contributed by atoms with van der Waals surface area (Å²) in [7, 11) is -2.97. The number of thiophene rings is 1. The molecule has 18 heavy (non-hydrogen) atoms. The van der Waals surface area contributed by atoms with Crippen molar-refractivity contribution in [1.82, 2.24) is 5.32 Å². The maximum absolute atomic E-state index is 11.8. The Morgan fingerprint density at radius 1 is 1.56 bits per heavy atom. The van der Waals surface area contributed by atoms with Gasteiger partial charge < -0.3 is 5.32 Å². The zero-order valence-electron chi connectivity index (χ0n) is 10.3. The highest BCUT2D eigenvalue weighted by Gasteiger charge is 2.39. The lowest BCUT2D eigenvalue weighted by molar-refractivity contribution is -0.122. The molecule has 1 aromatic heterocycles. The van der Waals surface area contributed by atoms with Crippen LogP contribution in [-0.4, -0.2) is 31.4 Å². The van der Waals surface area contributed by atoms with Gasteiger partial charge >= 0.3 is 0 Å². The summed E-state index contributed by atoms with van der Waals surface area (Å²) in [6.45, 7) is 1.81. The number of rotatable bonds is 4. The number of hydrogen-bond donors (Lipinski definition) is 1. The zero-order valence-corrected chi connectivity index (χ0v) is 11.9. The maximum Gasteiger partial charge on any atom is 0.220 e. The number of hydrogen-bond acceptors (Lipinski definition) is 4. The van der Waals surface area contributed by atoms with E-state index < -0.39 is 15.4 Å². The first-order chi connectivity index (χ1) is 8.39. The Morgan fingerprint density at radius 2 is 2.33 bits per heavy atom. The molecule has 2 rings (SSSR count). The molecule has 0 radical (unpaired) electrons. The molecule has 1 N–H and O–H groups in total. The number of sulfone groups is 1. The Balaban J connectivity index is 1.84. The molecule has 4 nitrogen and oxygen atoms in total. The predicted octanol–water partition coefficient (Wildman–Crippen LogP) is 1.37. The van der Waals surface area contributed by atoms with E-state index in [1.807, 2.05) is 16.8 Å². The number of nitrogens with one attached hydrogen (secondary N) is 1. The Morgan fingerprint density at radius 3 is 2.89 bits per heavy atom. The van der Waals surface area contributed by atoms with Crippen molar-refractivity contribution in [2.75, 3.05) is 11.5 Å². The van der Waals surface area contributed by atoms with E-state index in [0.717, 1.165) is 5.56 Å². The van der Waals surface area contributed by atoms with Gasteiger partial charge in [0.2, 0.25) is 5.91 Å². The molecule has 1 unspecified atom stereocenters. The highest BCUT2D eigenvalue weighted by Crippen LogP contribution is 2.23. The van der Waals surface area contributed by atoms with Gasteiger partial charge in [0, 0.05) is 6.42 Å². The van der Waals surface area contributed by atoms with Crippen molar-refractivity contribution in [3.63, 3.8) is 0 Å². The summed E-state index contributed by atoms with van der Waals surface area (Å²) in [5, 5.41) is 6.87. The van der Waals surface area contributed by atoms with E-state index in [9.17, 15) is 13.2 Å². The lowest BCUT2D eigenvalue weighted by Gasteiger charge is -2.23. The molecule has 1 aromatic rings. The SMILES string of the molecule is CC1(NC(=O)CCc2ccsc2)CCS(=O)(=O)C1. The van der Waals surface area contributed by atoms with Gasteiger partial charge in [-0.1, -0.05) is 0 Å². The van der Waals surface area contributed by atoms with Crippen LogP contribution in [-0.2, 0) is 21.1 Å². The van der Waals surface area contributed by atoms with Gasteiger partial charge in [0.15, 0.2) is 9.84 Å². The number of carbonyl (C=O) groups is 1. The smallest absolute Gasteiger partial charge is 0.220 e. The first-order valence-electron chi connectivity index (χ1n) is 5.91. The predicted molar refractivity (Wildman–Crippen MR) is 72.5 cm³/mol. The quantitative estimate of drug-likeness (QED) is 0.910. The molecule has 0 bridgehead atoms. The maximum atomic E-state index is 11.8. The van der Waals surface area contributed by atoms with Crippen molar-refractivity contribution < 1.29 is 13.2 Å². The van der Waals surface area contributed by atoms with Crippen LogP contribution in [0, 0.1) is 0 Å². The van der Waals surface area contributed by atoms with Crippen molar-refractivity contribution in [2.24, 2.45) is 0 Å². The molecule has 0 aromatic carbocycles. The minimum absolute atomic E-state index is 0.0597. The lowest BCUT2D eigenvalue weighted by Crippen LogP contribution is -2.46. The summed E-state index contributed by atoms with van der Waals surface area (Å²) in [6.07, 6.45) is 1.63. The highest BCUT2D eigenvalue weighted by atomic mass is 32.2. The summed E-state index contributed by atoms with van der Waals surface area (Å²) >= 11 is 1.61. The molecule has 0 spiro atoms. The third-order valence-electron chi connectivity index (χ3n) is 3.17. The number of carbonyl (C=O) groups excluding carboxylic acids is 1. The summed E-state index contributed by atoms with van der Waals surface area (Å²) in [4.78, 5) is 11.8. The van der Waals surface area contributed by atoms with Gasteiger partial charge in [0.25, 0.3) is 0 Å². The van der Waals surface area contributed by atoms with Crippen molar-refractivity contribution in [3.8, 4) is 0 Å². The van der Waals surface area contributed by atoms with Gasteiger partial charge in [-0.3, -0.25) is 4.79 Å². The third-order valence-corrected chi connectivity index (χ3v) is 5.80. The van der Waals surface area contributed by atoms with Crippen LogP contribution in [0.1, 0.15) is 25.3 Å². The second-order valence-corrected chi connectivity index (χ2v) is 8.05. The third kappa shape index (κ3) is 3.55. The van der Waals surface area contributed by atoms with Crippen LogP contribution in [0.3, 0.4) is 0 Å². The second kappa shape index (κ2) is 5.01. The molecule has 1 aliphatic rings. The molecular weight excluding hydrogens is 270 g/mol. The first kappa shape index (κ1) is 13.5. The molecule has 1 amide bonds. The van der Waals surface area contributed by atoms with E-state index in [1.165, 1.54) is 0 Å². The Labute approximate surface area is 111 Å². The Bertz CT molecular complexity index is 522. The summed E-state index contributed by atoms with van der Waals surface area (Å²) < 4.78 is 22.8. The van der Waals surface area contributed by atoms with Gasteiger partial charge in [0.05, 0.1) is 17.0 Å². The molecule has 6 heteroatoms. The Hall–Kier alpha value is -0.880. The molecule has 0 saturated carbocycles. The van der Waals surface area contributed by atoms with E-state index in [0.29, 0.717) is 19.3 Å². The minimum Gasteiger partial charge on any atom is -0.350 e. The standard InChI is InChI=1S/C12H17NO3S2/c1-12(5-7-18(15,16)9-12)13-11(14)3-2-10-4-6-17-8-10/h4,6,8H,2-3,5,7,9H2,1H3,(H,13,14). The fourth-order valence-electron chi connectivity index (χ4n) is 2.20. The molecule has 100 valence electrons. The topological polar surface area (TPSA) is 63.2 Å². The summed E-state index contributed by atoms with van der Waals surface area (Å²) in [6, 6.07) is 2.00. The highest BCUT2D eigenvalue weighted by molar-refractivity contribution is 7.91. The Kier molecular flexibility index (Phi) is 3.77. The van der Waals surface area contributed by atoms with Gasteiger partial charge in [-0.15, -0.1) is 0 Å². The van der Waals surface area contributed by atoms with Crippen molar-refractivity contribution in [3.05, 3.63) is 22.4 Å². The van der Waals surface area contributed by atoms with Crippen molar-refractivity contribution in [1.29, 1.82) is 0 Å². The van der Waals surface area contributed by atoms with Crippen LogP contribution in [0.5, 0.6) is 0 Å². The van der Waals surface area contributed by atoms with Gasteiger partial charge in [-0.25, -0.2) is 8.42 Å². The van der Waals surface area contributed by atoms with Crippen molar-refractivity contribution >= 4 is 27.1 Å². The van der Waals surface area contributed by atoms with Crippen LogP contribution in [0.4, 0.5) is 0 Å². The average molecular weight is 287 g/mol.